The lowest BCUT2D eigenvalue weighted by Crippen LogP contribution is -2.44. The Balaban J connectivity index is 1.59. The zero-order valence-corrected chi connectivity index (χ0v) is 19.4. The second-order valence-corrected chi connectivity index (χ2v) is 8.58. The Morgan fingerprint density at radius 2 is 1.73 bits per heavy atom. The molecule has 0 radical (unpaired) electrons. The zero-order valence-electron chi connectivity index (χ0n) is 19.4. The number of likely N-dealkylation sites (N-methyl/N-ethyl adjacent to an activating group) is 1. The molecular formula is C25H28N6O2. The van der Waals surface area contributed by atoms with Crippen LogP contribution < -0.4 is 9.64 Å². The first kappa shape index (κ1) is 21.2. The van der Waals surface area contributed by atoms with Gasteiger partial charge in [-0.2, -0.15) is 0 Å². The number of aromatic amines is 2. The highest BCUT2D eigenvalue weighted by atomic mass is 16.5. The third kappa shape index (κ3) is 3.87. The number of carbonyl (C=O) groups excluding carboxylic acids is 1. The molecule has 4 heterocycles. The van der Waals surface area contributed by atoms with Gasteiger partial charge in [0.05, 0.1) is 18.3 Å². The zero-order chi connectivity index (χ0) is 23.1. The van der Waals surface area contributed by atoms with Gasteiger partial charge in [0.15, 0.2) is 17.3 Å². The normalized spacial score (nSPS) is 14.7. The van der Waals surface area contributed by atoms with Gasteiger partial charge in [-0.05, 0) is 50.7 Å². The predicted octanol–water partition coefficient (Wildman–Crippen LogP) is 3.89. The maximum atomic E-state index is 12.5. The van der Waals surface area contributed by atoms with E-state index in [9.17, 15) is 4.79 Å². The first-order chi connectivity index (χ1) is 15.9. The highest BCUT2D eigenvalue weighted by Crippen LogP contribution is 2.37. The minimum absolute atomic E-state index is 0.00686. The lowest BCUT2D eigenvalue weighted by atomic mass is 9.97. The van der Waals surface area contributed by atoms with Gasteiger partial charge in [0, 0.05) is 43.0 Å². The van der Waals surface area contributed by atoms with Crippen LogP contribution in [-0.4, -0.2) is 71.0 Å². The summed E-state index contributed by atoms with van der Waals surface area (Å²) in [4.78, 5) is 33.6. The van der Waals surface area contributed by atoms with Crippen LogP contribution in [0.15, 0.2) is 36.4 Å². The maximum Gasteiger partial charge on any atom is 0.180 e. The number of ether oxygens (including phenoxy) is 1. The first-order valence-corrected chi connectivity index (χ1v) is 11.1. The topological polar surface area (TPSA) is 90.1 Å². The molecule has 0 saturated carbocycles. The summed E-state index contributed by atoms with van der Waals surface area (Å²) in [6, 6.07) is 11.8. The maximum absolute atomic E-state index is 12.5. The monoisotopic (exact) mass is 444 g/mol. The molecule has 1 fully saturated rings. The van der Waals surface area contributed by atoms with Crippen molar-refractivity contribution in [1.29, 1.82) is 0 Å². The van der Waals surface area contributed by atoms with Crippen molar-refractivity contribution in [2.75, 3.05) is 45.2 Å². The minimum Gasteiger partial charge on any atom is -0.497 e. The van der Waals surface area contributed by atoms with Gasteiger partial charge < -0.3 is 24.5 Å². The summed E-state index contributed by atoms with van der Waals surface area (Å²) in [5, 5.41) is 0. The smallest absolute Gasteiger partial charge is 0.180 e. The van der Waals surface area contributed by atoms with Crippen LogP contribution in [0.1, 0.15) is 23.0 Å². The van der Waals surface area contributed by atoms with Gasteiger partial charge in [0.25, 0.3) is 0 Å². The summed E-state index contributed by atoms with van der Waals surface area (Å²) in [5.74, 6) is 2.37. The van der Waals surface area contributed by atoms with Crippen molar-refractivity contribution in [3.63, 3.8) is 0 Å². The van der Waals surface area contributed by atoms with Crippen LogP contribution in [0.2, 0.25) is 0 Å². The summed E-state index contributed by atoms with van der Waals surface area (Å²) in [5.41, 5.74) is 5.55. The molecule has 0 atom stereocenters. The van der Waals surface area contributed by atoms with Gasteiger partial charge in [-0.1, -0.05) is 12.1 Å². The largest absolute Gasteiger partial charge is 0.497 e. The molecule has 33 heavy (non-hydrogen) atoms. The molecule has 1 aliphatic heterocycles. The molecular weight excluding hydrogens is 416 g/mol. The number of methoxy groups -OCH3 is 1. The Hall–Kier alpha value is -3.65. The highest BCUT2D eigenvalue weighted by molar-refractivity contribution is 6.05. The average molecular weight is 445 g/mol. The van der Waals surface area contributed by atoms with E-state index in [2.05, 4.69) is 26.8 Å². The van der Waals surface area contributed by atoms with Crippen LogP contribution in [0.4, 0.5) is 5.82 Å². The van der Waals surface area contributed by atoms with Crippen molar-refractivity contribution in [2.45, 2.75) is 13.8 Å². The number of Topliss-reactive ketones (excluding diaryl/α,β-unsaturated/α-hetero) is 1. The van der Waals surface area contributed by atoms with Crippen LogP contribution >= 0.6 is 0 Å². The van der Waals surface area contributed by atoms with Gasteiger partial charge in [0.2, 0.25) is 0 Å². The van der Waals surface area contributed by atoms with E-state index in [1.165, 1.54) is 0 Å². The average Bonchev–Trinajstić information content (AvgIpc) is 3.40. The quantitative estimate of drug-likeness (QED) is 0.454. The third-order valence-electron chi connectivity index (χ3n) is 6.31. The number of benzene rings is 1. The first-order valence-electron chi connectivity index (χ1n) is 11.1. The number of hydrogen-bond donors (Lipinski definition) is 2. The number of rotatable bonds is 5. The van der Waals surface area contributed by atoms with E-state index in [1.54, 1.807) is 14.0 Å². The Labute approximate surface area is 192 Å². The molecule has 3 aromatic heterocycles. The second-order valence-electron chi connectivity index (χ2n) is 8.58. The number of aryl methyl sites for hydroxylation is 1. The van der Waals surface area contributed by atoms with Crippen LogP contribution in [0.5, 0.6) is 5.75 Å². The number of aromatic nitrogens is 4. The Morgan fingerprint density at radius 1 is 1.00 bits per heavy atom. The van der Waals surface area contributed by atoms with Crippen LogP contribution in [0, 0.1) is 6.92 Å². The number of nitrogens with zero attached hydrogens (tertiary/aromatic N) is 4. The van der Waals surface area contributed by atoms with Gasteiger partial charge in [-0.15, -0.1) is 0 Å². The van der Waals surface area contributed by atoms with E-state index in [-0.39, 0.29) is 5.78 Å². The molecule has 0 unspecified atom stereocenters. The van der Waals surface area contributed by atoms with Crippen LogP contribution in [0.25, 0.3) is 33.8 Å². The fourth-order valence-electron chi connectivity index (χ4n) is 4.50. The fraction of sp³-hybridized carbons (Fsp3) is 0.320. The van der Waals surface area contributed by atoms with E-state index >= 15 is 0 Å². The molecule has 1 aromatic carbocycles. The molecule has 0 spiro atoms. The molecule has 170 valence electrons. The Bertz CT molecular complexity index is 1310. The van der Waals surface area contributed by atoms with Crippen molar-refractivity contribution < 1.29 is 9.53 Å². The van der Waals surface area contributed by atoms with Gasteiger partial charge >= 0.3 is 0 Å². The molecule has 0 bridgehead atoms. The van der Waals surface area contributed by atoms with E-state index in [4.69, 9.17) is 14.7 Å². The van der Waals surface area contributed by atoms with E-state index < -0.39 is 0 Å². The van der Waals surface area contributed by atoms with Gasteiger partial charge in [-0.3, -0.25) is 4.79 Å². The molecule has 8 nitrogen and oxygen atoms in total. The summed E-state index contributed by atoms with van der Waals surface area (Å²) in [6.45, 7) is 7.45. The van der Waals surface area contributed by atoms with Crippen LogP contribution in [-0.2, 0) is 0 Å². The molecule has 5 rings (SSSR count). The summed E-state index contributed by atoms with van der Waals surface area (Å²) < 4.78 is 5.30. The molecule has 4 aromatic rings. The number of anilines is 1. The Morgan fingerprint density at radius 3 is 2.39 bits per heavy atom. The summed E-state index contributed by atoms with van der Waals surface area (Å²) >= 11 is 0. The summed E-state index contributed by atoms with van der Waals surface area (Å²) in [7, 11) is 3.78. The molecule has 0 aliphatic carbocycles. The lowest BCUT2D eigenvalue weighted by Gasteiger charge is -2.33. The number of pyridine rings is 1. The number of nitrogens with one attached hydrogen (secondary N) is 2. The van der Waals surface area contributed by atoms with E-state index in [0.717, 1.165) is 65.8 Å². The van der Waals surface area contributed by atoms with E-state index in [0.29, 0.717) is 17.0 Å². The number of imidazole rings is 1. The number of H-pyrrole nitrogens is 2. The van der Waals surface area contributed by atoms with Gasteiger partial charge in [0.1, 0.15) is 11.6 Å². The number of carbonyl (C=O) groups is 1. The SMILES string of the molecule is COc1ccc(-c2c(-c3nc4nc(N5CCN(C)CC5)ccc4[nH]3)[nH]c(C)c2C(C)=O)cc1. The molecule has 1 saturated heterocycles. The molecule has 1 aliphatic rings. The lowest BCUT2D eigenvalue weighted by molar-refractivity contribution is 0.101. The van der Waals surface area contributed by atoms with Crippen molar-refractivity contribution in [3.8, 4) is 28.4 Å². The third-order valence-corrected chi connectivity index (χ3v) is 6.31. The molecule has 2 N–H and O–H groups in total. The van der Waals surface area contributed by atoms with Crippen molar-refractivity contribution >= 4 is 22.8 Å². The number of fused-ring (bicyclic) bond motifs is 1. The fourth-order valence-corrected chi connectivity index (χ4v) is 4.50. The van der Waals surface area contributed by atoms with Crippen LogP contribution in [0.3, 0.4) is 0 Å². The predicted molar refractivity (Wildman–Crippen MR) is 130 cm³/mol. The standard InChI is InChI=1S/C25H28N6O2/c1-15-21(16(2)32)22(17-5-7-18(33-4)8-6-17)23(26-15)25-27-19-9-10-20(28-24(19)29-25)31-13-11-30(3)12-14-31/h5-10,26H,11-14H2,1-4H3,(H,27,28,29). The molecule has 0 amide bonds. The van der Waals surface area contributed by atoms with Crippen molar-refractivity contribution in [1.82, 2.24) is 24.8 Å². The van der Waals surface area contributed by atoms with Gasteiger partial charge in [-0.25, -0.2) is 9.97 Å². The van der Waals surface area contributed by atoms with Crippen molar-refractivity contribution in [3.05, 3.63) is 47.7 Å². The number of piperazine rings is 1. The van der Waals surface area contributed by atoms with E-state index in [1.807, 2.05) is 43.3 Å². The molecule has 8 heteroatoms. The second kappa shape index (κ2) is 8.37. The number of ketones is 1. The number of hydrogen-bond acceptors (Lipinski definition) is 6. The minimum atomic E-state index is 0.00686. The highest BCUT2D eigenvalue weighted by Gasteiger charge is 2.23. The summed E-state index contributed by atoms with van der Waals surface area (Å²) in [6.07, 6.45) is 0. The Kier molecular flexibility index (Phi) is 5.38. The van der Waals surface area contributed by atoms with Crippen molar-refractivity contribution in [2.24, 2.45) is 0 Å².